The third-order valence-corrected chi connectivity index (χ3v) is 7.42. The van der Waals surface area contributed by atoms with E-state index in [1.807, 2.05) is 0 Å². The molecule has 3 aromatic rings. The van der Waals surface area contributed by atoms with Crippen LogP contribution in [0.15, 0.2) is 54.9 Å². The Labute approximate surface area is 230 Å². The van der Waals surface area contributed by atoms with Crippen LogP contribution in [0.2, 0.25) is 0 Å². The van der Waals surface area contributed by atoms with E-state index in [9.17, 15) is 26.4 Å². The lowest BCUT2D eigenvalue weighted by Crippen LogP contribution is -2.40. The predicted octanol–water partition coefficient (Wildman–Crippen LogP) is 4.16. The number of carbonyl (C=O) groups is 1. The van der Waals surface area contributed by atoms with Crippen LogP contribution >= 0.6 is 0 Å². The van der Waals surface area contributed by atoms with Gasteiger partial charge in [-0.05, 0) is 43.2 Å². The first-order chi connectivity index (χ1) is 18.9. The van der Waals surface area contributed by atoms with Crippen molar-refractivity contribution >= 4 is 38.9 Å². The Kier molecular flexibility index (Phi) is 8.79. The molecule has 1 unspecified atom stereocenters. The van der Waals surface area contributed by atoms with Gasteiger partial charge in [0.05, 0.1) is 30.2 Å². The average Bonchev–Trinajstić information content (AvgIpc) is 2.91. The minimum absolute atomic E-state index is 0.0455. The Morgan fingerprint density at radius 2 is 1.93 bits per heavy atom. The van der Waals surface area contributed by atoms with Crippen molar-refractivity contribution in [2.24, 2.45) is 0 Å². The van der Waals surface area contributed by atoms with Crippen molar-refractivity contribution in [1.82, 2.24) is 15.3 Å². The number of ether oxygens (including phenoxy) is 1. The molecule has 3 heterocycles. The highest BCUT2D eigenvalue weighted by atomic mass is 32.2. The summed E-state index contributed by atoms with van der Waals surface area (Å²) in [6.45, 7) is 1.02. The van der Waals surface area contributed by atoms with Crippen molar-refractivity contribution in [2.75, 3.05) is 41.5 Å². The van der Waals surface area contributed by atoms with Crippen molar-refractivity contribution < 1.29 is 31.1 Å². The van der Waals surface area contributed by atoms with Gasteiger partial charge >= 0.3 is 6.18 Å². The third-order valence-electron chi connectivity index (χ3n) is 6.26. The zero-order chi connectivity index (χ0) is 28.9. The first-order valence-electron chi connectivity index (χ1n) is 12.4. The van der Waals surface area contributed by atoms with E-state index in [1.54, 1.807) is 36.4 Å². The number of nitrogens with zero attached hydrogens (tertiary/aromatic N) is 3. The molecule has 2 aromatic heterocycles. The van der Waals surface area contributed by atoms with Gasteiger partial charge < -0.3 is 20.7 Å². The molecule has 40 heavy (non-hydrogen) atoms. The topological polar surface area (TPSA) is 126 Å². The Bertz CT molecular complexity index is 1450. The molecule has 1 fully saturated rings. The summed E-state index contributed by atoms with van der Waals surface area (Å²) in [6.07, 6.45) is 0.157. The second-order valence-corrected chi connectivity index (χ2v) is 11.3. The van der Waals surface area contributed by atoms with Crippen molar-refractivity contribution in [3.05, 3.63) is 71.5 Å². The number of sulfonamides is 1. The van der Waals surface area contributed by atoms with Crippen molar-refractivity contribution in [3.63, 3.8) is 0 Å². The van der Waals surface area contributed by atoms with E-state index >= 15 is 0 Å². The molecule has 214 valence electrons. The molecule has 0 saturated carbocycles. The lowest BCUT2D eigenvalue weighted by atomic mass is 10.1. The molecular formula is C26H29F3N6O4S. The summed E-state index contributed by atoms with van der Waals surface area (Å²) in [5.74, 6) is -0.0113. The highest BCUT2D eigenvalue weighted by molar-refractivity contribution is 7.92. The smallest absolute Gasteiger partial charge is 0.380 e. The van der Waals surface area contributed by atoms with Crippen LogP contribution in [-0.4, -0.2) is 56.9 Å². The molecule has 0 spiro atoms. The van der Waals surface area contributed by atoms with E-state index in [0.717, 1.165) is 23.4 Å². The van der Waals surface area contributed by atoms with Gasteiger partial charge in [-0.15, -0.1) is 0 Å². The Morgan fingerprint density at radius 1 is 1.18 bits per heavy atom. The minimum Gasteiger partial charge on any atom is -0.380 e. The van der Waals surface area contributed by atoms with Gasteiger partial charge in [0.15, 0.2) is 0 Å². The van der Waals surface area contributed by atoms with Gasteiger partial charge in [0.1, 0.15) is 11.6 Å². The van der Waals surface area contributed by atoms with E-state index in [2.05, 4.69) is 25.9 Å². The highest BCUT2D eigenvalue weighted by Gasteiger charge is 2.34. The van der Waals surface area contributed by atoms with Crippen molar-refractivity contribution in [3.8, 4) is 0 Å². The maximum atomic E-state index is 13.7. The van der Waals surface area contributed by atoms with E-state index in [-0.39, 0.29) is 35.8 Å². The maximum Gasteiger partial charge on any atom is 0.419 e. The Morgan fingerprint density at radius 3 is 2.58 bits per heavy atom. The summed E-state index contributed by atoms with van der Waals surface area (Å²) in [6, 6.07) is 10.8. The number of aromatic nitrogens is 2. The molecule has 0 aliphatic carbocycles. The summed E-state index contributed by atoms with van der Waals surface area (Å²) < 4.78 is 71.5. The SMILES string of the molecule is CN(c1ncccc1CNc1cc(Nc2ccc(C(=O)NC3CCCOC3)cc2)ncc1C(F)(F)F)S(C)(=O)=O. The normalized spacial score (nSPS) is 15.8. The van der Waals surface area contributed by atoms with E-state index in [4.69, 9.17) is 4.74 Å². The molecule has 1 aliphatic rings. The van der Waals surface area contributed by atoms with E-state index < -0.39 is 21.8 Å². The number of hydrogen-bond acceptors (Lipinski definition) is 8. The van der Waals surface area contributed by atoms with Gasteiger partial charge in [-0.1, -0.05) is 6.07 Å². The standard InChI is InChI=1S/C26H29F3N6O4S/c1-35(40(2,37)38)24-18(5-3-11-30-24)14-31-22-13-23(32-15-21(22)26(27,28)29)33-19-9-7-17(8-10-19)25(36)34-20-6-4-12-39-16-20/h3,5,7-11,13,15,20H,4,6,12,14,16H2,1-2H3,(H,34,36)(H2,31,32,33). The summed E-state index contributed by atoms with van der Waals surface area (Å²) in [7, 11) is -2.32. The molecule has 1 aliphatic heterocycles. The number of carbonyl (C=O) groups excluding carboxylic acids is 1. The van der Waals surface area contributed by atoms with Crippen molar-refractivity contribution in [1.29, 1.82) is 0 Å². The number of alkyl halides is 3. The second-order valence-electron chi connectivity index (χ2n) is 9.27. The van der Waals surface area contributed by atoms with Crippen molar-refractivity contribution in [2.45, 2.75) is 31.6 Å². The summed E-state index contributed by atoms with van der Waals surface area (Å²) in [5, 5.41) is 8.62. The molecule has 0 bridgehead atoms. The van der Waals surface area contributed by atoms with Crippen LogP contribution in [0.1, 0.15) is 34.3 Å². The fraction of sp³-hybridized carbons (Fsp3) is 0.346. The molecule has 10 nitrogen and oxygen atoms in total. The van der Waals surface area contributed by atoms with Crippen LogP contribution in [0.3, 0.4) is 0 Å². The van der Waals surface area contributed by atoms with Crippen LogP contribution in [0.4, 0.5) is 36.2 Å². The monoisotopic (exact) mass is 578 g/mol. The molecule has 1 amide bonds. The summed E-state index contributed by atoms with van der Waals surface area (Å²) in [4.78, 5) is 20.5. The maximum absolute atomic E-state index is 13.7. The summed E-state index contributed by atoms with van der Waals surface area (Å²) >= 11 is 0. The molecule has 0 radical (unpaired) electrons. The first-order valence-corrected chi connectivity index (χ1v) is 14.2. The number of hydrogen-bond donors (Lipinski definition) is 3. The number of nitrogens with one attached hydrogen (secondary N) is 3. The fourth-order valence-corrected chi connectivity index (χ4v) is 4.55. The zero-order valence-corrected chi connectivity index (χ0v) is 22.6. The number of anilines is 4. The number of amides is 1. The van der Waals surface area contributed by atoms with Gasteiger partial charge in [0.2, 0.25) is 10.0 Å². The predicted molar refractivity (Wildman–Crippen MR) is 145 cm³/mol. The van der Waals surface area contributed by atoms with E-state index in [1.165, 1.54) is 19.3 Å². The molecule has 1 aromatic carbocycles. The van der Waals surface area contributed by atoms with Gasteiger partial charge in [0, 0.05) is 55.5 Å². The highest BCUT2D eigenvalue weighted by Crippen LogP contribution is 2.36. The number of halogens is 3. The van der Waals surface area contributed by atoms with Gasteiger partial charge in [0.25, 0.3) is 5.91 Å². The second kappa shape index (κ2) is 12.1. The molecule has 14 heteroatoms. The molecule has 3 N–H and O–H groups in total. The average molecular weight is 579 g/mol. The van der Waals surface area contributed by atoms with Gasteiger partial charge in [-0.2, -0.15) is 13.2 Å². The minimum atomic E-state index is -4.69. The molecule has 1 saturated heterocycles. The molecular weight excluding hydrogens is 549 g/mol. The lowest BCUT2D eigenvalue weighted by Gasteiger charge is -2.23. The summed E-state index contributed by atoms with van der Waals surface area (Å²) in [5.41, 5.74) is 0.0833. The number of rotatable bonds is 9. The molecule has 1 atom stereocenters. The lowest BCUT2D eigenvalue weighted by molar-refractivity contribution is -0.137. The van der Waals surface area contributed by atoms with Gasteiger partial charge in [-0.25, -0.2) is 18.4 Å². The zero-order valence-electron chi connectivity index (χ0n) is 21.8. The van der Waals surface area contributed by atoms with Gasteiger partial charge in [-0.3, -0.25) is 9.10 Å². The largest absolute Gasteiger partial charge is 0.419 e. The van der Waals surface area contributed by atoms with Crippen LogP contribution < -0.4 is 20.3 Å². The number of benzene rings is 1. The third kappa shape index (κ3) is 7.39. The number of pyridine rings is 2. The quantitative estimate of drug-likeness (QED) is 0.346. The Balaban J connectivity index is 1.50. The molecule has 4 rings (SSSR count). The van der Waals surface area contributed by atoms with Crippen LogP contribution in [0.5, 0.6) is 0 Å². The Hall–Kier alpha value is -3.91. The van der Waals surface area contributed by atoms with Crippen LogP contribution in [0.25, 0.3) is 0 Å². The van der Waals surface area contributed by atoms with Crippen LogP contribution in [0, 0.1) is 0 Å². The fourth-order valence-electron chi connectivity index (χ4n) is 4.07. The van der Waals surface area contributed by atoms with E-state index in [0.29, 0.717) is 36.2 Å². The van der Waals surface area contributed by atoms with Crippen LogP contribution in [-0.2, 0) is 27.5 Å². The first kappa shape index (κ1) is 29.1.